The average Bonchev–Trinajstić information content (AvgIpc) is 1.82. The maximum atomic E-state index is 10.4. The van der Waals surface area contributed by atoms with E-state index < -0.39 is 32.9 Å². The van der Waals surface area contributed by atoms with E-state index in [2.05, 4.69) is 6.58 Å². The summed E-state index contributed by atoms with van der Waals surface area (Å²) in [6, 6.07) is 0. The Bertz CT molecular complexity index is 351. The van der Waals surface area contributed by atoms with E-state index in [0.717, 1.165) is 0 Å². The summed E-state index contributed by atoms with van der Waals surface area (Å²) in [5.41, 5.74) is -1.12. The summed E-state index contributed by atoms with van der Waals surface area (Å²) in [5.74, 6) is -3.79. The minimum Gasteiger partial charge on any atom is -0.480 e. The van der Waals surface area contributed by atoms with Gasteiger partial charge in [0, 0.05) is 0 Å². The number of aliphatic carboxylic acids is 2. The molecule has 1 atom stereocenters. The molecule has 0 aromatic carbocycles. The van der Waals surface area contributed by atoms with E-state index in [4.69, 9.17) is 14.8 Å². The van der Waals surface area contributed by atoms with Gasteiger partial charge in [0.15, 0.2) is 0 Å². The number of carbonyl (C=O) groups is 2. The first-order valence-electron chi connectivity index (χ1n) is 2.79. The highest BCUT2D eigenvalue weighted by molar-refractivity contribution is 7.87. The lowest BCUT2D eigenvalue weighted by molar-refractivity contribution is -0.139. The van der Waals surface area contributed by atoms with Crippen LogP contribution in [-0.2, 0) is 19.7 Å². The fraction of sp³-hybridized carbons (Fsp3) is 0.200. The summed E-state index contributed by atoms with van der Waals surface area (Å²) < 4.78 is 29.1. The monoisotopic (exact) mass is 210 g/mol. The molecule has 0 aliphatic rings. The fourth-order valence-electron chi connectivity index (χ4n) is 0.568. The predicted octanol–water partition coefficient (Wildman–Crippen LogP) is -1.03. The van der Waals surface area contributed by atoms with Crippen LogP contribution in [0, 0.1) is 0 Å². The van der Waals surface area contributed by atoms with Gasteiger partial charge in [-0.3, -0.25) is 9.35 Å². The molecular weight excluding hydrogens is 204 g/mol. The summed E-state index contributed by atoms with van der Waals surface area (Å²) in [4.78, 5) is 20.4. The normalized spacial score (nSPS) is 13.3. The number of carboxylic acids is 2. The van der Waals surface area contributed by atoms with Gasteiger partial charge in [0.1, 0.15) is 0 Å². The summed E-state index contributed by atoms with van der Waals surface area (Å²) in [6.07, 6.45) is 0. The van der Waals surface area contributed by atoms with Crippen molar-refractivity contribution in [3.63, 3.8) is 0 Å². The summed E-state index contributed by atoms with van der Waals surface area (Å²) in [5, 5.41) is 14.0. The lowest BCUT2D eigenvalue weighted by Crippen LogP contribution is -2.34. The Hall–Kier alpha value is -1.41. The van der Waals surface area contributed by atoms with E-state index in [9.17, 15) is 18.0 Å². The third kappa shape index (κ3) is 2.84. The number of rotatable bonds is 4. The zero-order valence-corrected chi connectivity index (χ0v) is 6.98. The molecule has 0 rings (SSSR count). The highest BCUT2D eigenvalue weighted by Crippen LogP contribution is 2.09. The van der Waals surface area contributed by atoms with Gasteiger partial charge >= 0.3 is 11.9 Å². The molecule has 0 spiro atoms. The van der Waals surface area contributed by atoms with Crippen LogP contribution in [0.5, 0.6) is 0 Å². The predicted molar refractivity (Wildman–Crippen MR) is 39.7 cm³/mol. The molecular formula is C5H6O7S. The topological polar surface area (TPSA) is 129 Å². The minimum absolute atomic E-state index is 1.12. The van der Waals surface area contributed by atoms with Gasteiger partial charge < -0.3 is 10.2 Å². The van der Waals surface area contributed by atoms with Crippen LogP contribution in [0.1, 0.15) is 0 Å². The molecule has 0 bridgehead atoms. The Balaban J connectivity index is 5.20. The molecule has 7 nitrogen and oxygen atoms in total. The second kappa shape index (κ2) is 3.54. The van der Waals surface area contributed by atoms with Crippen molar-refractivity contribution >= 4 is 22.1 Å². The van der Waals surface area contributed by atoms with Crippen molar-refractivity contribution in [2.45, 2.75) is 5.25 Å². The van der Waals surface area contributed by atoms with Crippen LogP contribution in [0.15, 0.2) is 12.2 Å². The van der Waals surface area contributed by atoms with E-state index >= 15 is 0 Å². The number of carboxylic acid groups (broad SMARTS) is 2. The third-order valence-corrected chi connectivity index (χ3v) is 2.20. The van der Waals surface area contributed by atoms with E-state index in [1.165, 1.54) is 0 Å². The molecule has 0 aliphatic carbocycles. The molecule has 0 amide bonds. The largest absolute Gasteiger partial charge is 0.480 e. The zero-order valence-electron chi connectivity index (χ0n) is 6.17. The molecule has 74 valence electrons. The maximum Gasteiger partial charge on any atom is 0.333 e. The van der Waals surface area contributed by atoms with Crippen LogP contribution in [0.3, 0.4) is 0 Å². The van der Waals surface area contributed by atoms with Crippen LogP contribution in [0.25, 0.3) is 0 Å². The fourth-order valence-corrected chi connectivity index (χ4v) is 1.28. The number of hydrogen-bond donors (Lipinski definition) is 3. The van der Waals surface area contributed by atoms with Gasteiger partial charge in [-0.25, -0.2) is 4.79 Å². The first-order chi connectivity index (χ1) is 5.68. The van der Waals surface area contributed by atoms with Crippen molar-refractivity contribution in [3.05, 3.63) is 12.2 Å². The molecule has 13 heavy (non-hydrogen) atoms. The van der Waals surface area contributed by atoms with Crippen LogP contribution in [0.2, 0.25) is 0 Å². The molecule has 1 unspecified atom stereocenters. The van der Waals surface area contributed by atoms with Crippen LogP contribution in [0.4, 0.5) is 0 Å². The summed E-state index contributed by atoms with van der Waals surface area (Å²) in [6.45, 7) is 2.72. The smallest absolute Gasteiger partial charge is 0.333 e. The highest BCUT2D eigenvalue weighted by atomic mass is 32.2. The van der Waals surface area contributed by atoms with Crippen LogP contribution in [-0.4, -0.2) is 40.4 Å². The molecule has 0 heterocycles. The minimum atomic E-state index is -4.99. The van der Waals surface area contributed by atoms with Crippen molar-refractivity contribution < 1.29 is 32.8 Å². The first kappa shape index (κ1) is 11.6. The van der Waals surface area contributed by atoms with Crippen molar-refractivity contribution in [2.24, 2.45) is 0 Å². The van der Waals surface area contributed by atoms with Crippen molar-refractivity contribution in [2.75, 3.05) is 0 Å². The molecule has 0 fully saturated rings. The molecule has 0 saturated heterocycles. The Morgan fingerprint density at radius 3 is 1.69 bits per heavy atom. The Labute approximate surface area is 73.0 Å². The van der Waals surface area contributed by atoms with E-state index in [1.54, 1.807) is 0 Å². The number of hydrogen-bond acceptors (Lipinski definition) is 4. The van der Waals surface area contributed by atoms with Gasteiger partial charge in [0.2, 0.25) is 5.25 Å². The molecule has 3 N–H and O–H groups in total. The third-order valence-electron chi connectivity index (χ3n) is 1.11. The second-order valence-corrected chi connectivity index (χ2v) is 3.56. The zero-order chi connectivity index (χ0) is 10.8. The molecule has 0 saturated carbocycles. The van der Waals surface area contributed by atoms with Gasteiger partial charge in [-0.2, -0.15) is 8.42 Å². The average molecular weight is 210 g/mol. The lowest BCUT2D eigenvalue weighted by Gasteiger charge is -2.07. The highest BCUT2D eigenvalue weighted by Gasteiger charge is 2.36. The Morgan fingerprint density at radius 1 is 1.23 bits per heavy atom. The molecule has 0 aromatic heterocycles. The standard InChI is InChI=1S/C5H6O7S/c1-2(4(6)7)3(5(8)9)13(10,11)12/h3H,1H2,(H,6,7)(H,8,9)(H,10,11,12). The summed E-state index contributed by atoms with van der Waals surface area (Å²) >= 11 is 0. The van der Waals surface area contributed by atoms with E-state index in [-0.39, 0.29) is 0 Å². The van der Waals surface area contributed by atoms with Crippen molar-refractivity contribution in [1.82, 2.24) is 0 Å². The van der Waals surface area contributed by atoms with Gasteiger partial charge in [0.25, 0.3) is 10.1 Å². The molecule has 0 aliphatic heterocycles. The van der Waals surface area contributed by atoms with Crippen molar-refractivity contribution in [3.8, 4) is 0 Å². The SMILES string of the molecule is C=C(C(=O)O)C(C(=O)O)S(=O)(=O)O. The summed E-state index contributed by atoms with van der Waals surface area (Å²) in [7, 11) is -4.99. The second-order valence-electron chi connectivity index (χ2n) is 2.06. The van der Waals surface area contributed by atoms with E-state index in [1.807, 2.05) is 0 Å². The van der Waals surface area contributed by atoms with Crippen LogP contribution < -0.4 is 0 Å². The molecule has 0 aromatic rings. The quantitative estimate of drug-likeness (QED) is 0.399. The van der Waals surface area contributed by atoms with Crippen LogP contribution >= 0.6 is 0 Å². The lowest BCUT2D eigenvalue weighted by atomic mass is 10.2. The molecule has 0 radical (unpaired) electrons. The molecule has 8 heteroatoms. The van der Waals surface area contributed by atoms with Crippen molar-refractivity contribution in [1.29, 1.82) is 0 Å². The Kier molecular flexibility index (Phi) is 3.15. The van der Waals surface area contributed by atoms with Gasteiger partial charge in [-0.15, -0.1) is 0 Å². The van der Waals surface area contributed by atoms with Gasteiger partial charge in [-0.1, -0.05) is 6.58 Å². The van der Waals surface area contributed by atoms with Gasteiger partial charge in [0.05, 0.1) is 5.57 Å². The maximum absolute atomic E-state index is 10.4. The van der Waals surface area contributed by atoms with E-state index in [0.29, 0.717) is 0 Å². The van der Waals surface area contributed by atoms with Gasteiger partial charge in [-0.05, 0) is 0 Å². The first-order valence-corrected chi connectivity index (χ1v) is 4.29. The Morgan fingerprint density at radius 2 is 1.62 bits per heavy atom.